The minimum atomic E-state index is -0.516. The van der Waals surface area contributed by atoms with Crippen molar-refractivity contribution >= 4 is 12.1 Å². The number of esters is 1. The molecule has 1 aromatic carbocycles. The highest BCUT2D eigenvalue weighted by Crippen LogP contribution is 2.28. The van der Waals surface area contributed by atoms with Gasteiger partial charge >= 0.3 is 12.1 Å². The normalized spacial score (nSPS) is 21.5. The van der Waals surface area contributed by atoms with E-state index in [4.69, 9.17) is 14.2 Å². The van der Waals surface area contributed by atoms with Crippen LogP contribution in [0, 0.1) is 0 Å². The van der Waals surface area contributed by atoms with Gasteiger partial charge in [0.25, 0.3) is 0 Å². The second-order valence-electron chi connectivity index (χ2n) is 4.15. The predicted molar refractivity (Wildman–Crippen MR) is 65.8 cm³/mol. The number of hydrogen-bond donors (Lipinski definition) is 1. The summed E-state index contributed by atoms with van der Waals surface area (Å²) in [4.78, 5) is 22.1. The third kappa shape index (κ3) is 3.15. The molecule has 2 unspecified atom stereocenters. The average molecular weight is 265 g/mol. The second-order valence-corrected chi connectivity index (χ2v) is 4.15. The van der Waals surface area contributed by atoms with Crippen molar-refractivity contribution in [3.63, 3.8) is 0 Å². The number of alkyl carbamates (subject to hydrolysis) is 1. The molecule has 0 aliphatic carbocycles. The van der Waals surface area contributed by atoms with Gasteiger partial charge in [0, 0.05) is 6.92 Å². The van der Waals surface area contributed by atoms with Crippen LogP contribution in [-0.4, -0.2) is 31.8 Å². The Morgan fingerprint density at radius 2 is 2.05 bits per heavy atom. The summed E-state index contributed by atoms with van der Waals surface area (Å²) in [5.74, 6) is 0.326. The molecule has 1 aliphatic rings. The third-order valence-corrected chi connectivity index (χ3v) is 2.81. The lowest BCUT2D eigenvalue weighted by Gasteiger charge is -2.17. The van der Waals surface area contributed by atoms with E-state index >= 15 is 0 Å². The van der Waals surface area contributed by atoms with E-state index in [2.05, 4.69) is 5.32 Å². The second kappa shape index (κ2) is 5.60. The van der Waals surface area contributed by atoms with Crippen LogP contribution in [0.3, 0.4) is 0 Å². The van der Waals surface area contributed by atoms with E-state index in [1.54, 1.807) is 19.2 Å². The molecule has 0 bridgehead atoms. The first-order valence-corrected chi connectivity index (χ1v) is 5.84. The number of hydrogen-bond acceptors (Lipinski definition) is 5. The summed E-state index contributed by atoms with van der Waals surface area (Å²) >= 11 is 0. The minimum Gasteiger partial charge on any atom is -0.497 e. The summed E-state index contributed by atoms with van der Waals surface area (Å²) in [6.45, 7) is 1.40. The molecule has 6 heteroatoms. The number of rotatable bonds is 4. The van der Waals surface area contributed by atoms with Crippen molar-refractivity contribution in [1.29, 1.82) is 0 Å². The van der Waals surface area contributed by atoms with E-state index in [1.165, 1.54) is 6.92 Å². The quantitative estimate of drug-likeness (QED) is 0.833. The van der Waals surface area contributed by atoms with Crippen LogP contribution in [-0.2, 0) is 14.3 Å². The van der Waals surface area contributed by atoms with Crippen molar-refractivity contribution in [3.8, 4) is 5.75 Å². The van der Waals surface area contributed by atoms with Gasteiger partial charge in [0.1, 0.15) is 18.4 Å². The molecule has 1 fully saturated rings. The number of ether oxygens (including phenoxy) is 3. The summed E-state index contributed by atoms with van der Waals surface area (Å²) < 4.78 is 15.2. The first-order valence-electron chi connectivity index (χ1n) is 5.84. The van der Waals surface area contributed by atoms with E-state index in [0.717, 1.165) is 11.3 Å². The fourth-order valence-electron chi connectivity index (χ4n) is 1.89. The summed E-state index contributed by atoms with van der Waals surface area (Å²) in [6.07, 6.45) is -0.990. The van der Waals surface area contributed by atoms with Gasteiger partial charge in [-0.25, -0.2) is 4.79 Å². The molecule has 102 valence electrons. The summed E-state index contributed by atoms with van der Waals surface area (Å²) in [5.41, 5.74) is 0.816. The lowest BCUT2D eigenvalue weighted by Crippen LogP contribution is -2.33. The minimum absolute atomic E-state index is 0.0811. The molecule has 19 heavy (non-hydrogen) atoms. The highest BCUT2D eigenvalue weighted by molar-refractivity contribution is 5.71. The number of cyclic esters (lactones) is 1. The fourth-order valence-corrected chi connectivity index (χ4v) is 1.89. The first-order chi connectivity index (χ1) is 9.10. The average Bonchev–Trinajstić information content (AvgIpc) is 2.78. The van der Waals surface area contributed by atoms with Crippen molar-refractivity contribution in [2.24, 2.45) is 0 Å². The van der Waals surface area contributed by atoms with Gasteiger partial charge in [0.05, 0.1) is 7.11 Å². The van der Waals surface area contributed by atoms with Gasteiger partial charge in [0.15, 0.2) is 6.10 Å². The zero-order chi connectivity index (χ0) is 13.8. The Kier molecular flexibility index (Phi) is 3.89. The number of benzene rings is 1. The van der Waals surface area contributed by atoms with Crippen molar-refractivity contribution in [2.45, 2.75) is 19.1 Å². The lowest BCUT2D eigenvalue weighted by atomic mass is 10.0. The molecular formula is C13H15NO5. The Balaban J connectivity index is 2.10. The maximum atomic E-state index is 11.3. The molecule has 0 spiro atoms. The van der Waals surface area contributed by atoms with E-state index in [1.807, 2.05) is 12.1 Å². The van der Waals surface area contributed by atoms with Crippen molar-refractivity contribution in [1.82, 2.24) is 5.32 Å². The number of carbonyl (C=O) groups excluding carboxylic acids is 2. The number of methoxy groups -OCH3 is 1. The molecule has 1 N–H and O–H groups in total. The van der Waals surface area contributed by atoms with Crippen molar-refractivity contribution in [2.75, 3.05) is 13.7 Å². The highest BCUT2D eigenvalue weighted by Gasteiger charge is 2.35. The summed E-state index contributed by atoms with van der Waals surface area (Å²) in [5, 5.41) is 2.62. The number of nitrogens with one attached hydrogen (secondary N) is 1. The molecule has 0 radical (unpaired) electrons. The van der Waals surface area contributed by atoms with E-state index in [-0.39, 0.29) is 12.6 Å². The lowest BCUT2D eigenvalue weighted by molar-refractivity contribution is -0.141. The van der Waals surface area contributed by atoms with E-state index in [0.29, 0.717) is 0 Å². The maximum Gasteiger partial charge on any atom is 0.408 e. The molecule has 0 aromatic heterocycles. The van der Waals surface area contributed by atoms with Gasteiger partial charge in [-0.3, -0.25) is 4.79 Å². The molecule has 1 amide bonds. The number of carbonyl (C=O) groups is 2. The summed E-state index contributed by atoms with van der Waals surface area (Å²) in [7, 11) is 1.58. The van der Waals surface area contributed by atoms with Crippen molar-refractivity contribution in [3.05, 3.63) is 29.8 Å². The molecule has 1 heterocycles. The molecular weight excluding hydrogens is 250 g/mol. The maximum absolute atomic E-state index is 11.3. The molecule has 2 rings (SSSR count). The molecule has 1 saturated heterocycles. The van der Waals surface area contributed by atoms with Gasteiger partial charge < -0.3 is 19.5 Å². The Labute approximate surface area is 110 Å². The molecule has 1 aliphatic heterocycles. The van der Waals surface area contributed by atoms with E-state index in [9.17, 15) is 9.59 Å². The molecule has 2 atom stereocenters. The van der Waals surface area contributed by atoms with Crippen LogP contribution in [0.25, 0.3) is 0 Å². The highest BCUT2D eigenvalue weighted by atomic mass is 16.6. The topological polar surface area (TPSA) is 73.9 Å². The Morgan fingerprint density at radius 3 is 2.63 bits per heavy atom. The zero-order valence-corrected chi connectivity index (χ0v) is 10.7. The third-order valence-electron chi connectivity index (χ3n) is 2.81. The Hall–Kier alpha value is -2.24. The van der Waals surface area contributed by atoms with Gasteiger partial charge in [-0.2, -0.15) is 0 Å². The Morgan fingerprint density at radius 1 is 1.37 bits per heavy atom. The zero-order valence-electron chi connectivity index (χ0n) is 10.7. The standard InChI is InChI=1S/C13H15NO5/c1-8(15)18-7-11-12(19-13(16)14-11)9-3-5-10(17-2)6-4-9/h3-6,11-12H,7H2,1-2H3,(H,14,16). The smallest absolute Gasteiger partial charge is 0.408 e. The largest absolute Gasteiger partial charge is 0.497 e. The van der Waals surface area contributed by atoms with Crippen molar-refractivity contribution < 1.29 is 23.8 Å². The number of amides is 1. The fraction of sp³-hybridized carbons (Fsp3) is 0.385. The van der Waals surface area contributed by atoms with Crippen LogP contribution in [0.4, 0.5) is 4.79 Å². The molecule has 0 saturated carbocycles. The van der Waals surface area contributed by atoms with Crippen LogP contribution in [0.1, 0.15) is 18.6 Å². The first kappa shape index (κ1) is 13.2. The van der Waals surface area contributed by atoms with Crippen LogP contribution in [0.15, 0.2) is 24.3 Å². The van der Waals surface area contributed by atoms with E-state index < -0.39 is 18.2 Å². The van der Waals surface area contributed by atoms with Crippen LogP contribution in [0.2, 0.25) is 0 Å². The van der Waals surface area contributed by atoms with Crippen LogP contribution < -0.4 is 10.1 Å². The Bertz CT molecular complexity index is 470. The van der Waals surface area contributed by atoms with Gasteiger partial charge in [0.2, 0.25) is 0 Å². The molecule has 1 aromatic rings. The van der Waals surface area contributed by atoms with Crippen LogP contribution >= 0.6 is 0 Å². The van der Waals surface area contributed by atoms with Gasteiger partial charge in [-0.1, -0.05) is 12.1 Å². The molecule has 6 nitrogen and oxygen atoms in total. The summed E-state index contributed by atoms with van der Waals surface area (Å²) in [6, 6.07) is 6.80. The predicted octanol–water partition coefficient (Wildman–Crippen LogP) is 1.41. The monoisotopic (exact) mass is 265 g/mol. The van der Waals surface area contributed by atoms with Gasteiger partial charge in [-0.15, -0.1) is 0 Å². The SMILES string of the molecule is COc1ccc(C2OC(=O)NC2COC(C)=O)cc1. The van der Waals surface area contributed by atoms with Gasteiger partial charge in [-0.05, 0) is 17.7 Å². The van der Waals surface area contributed by atoms with Crippen LogP contribution in [0.5, 0.6) is 5.75 Å².